The van der Waals surface area contributed by atoms with E-state index in [0.717, 1.165) is 43.6 Å². The number of amides is 1. The van der Waals surface area contributed by atoms with Crippen molar-refractivity contribution in [1.29, 1.82) is 0 Å². The van der Waals surface area contributed by atoms with E-state index >= 15 is 0 Å². The van der Waals surface area contributed by atoms with Gasteiger partial charge in [-0.1, -0.05) is 42.0 Å². The highest BCUT2D eigenvalue weighted by molar-refractivity contribution is 6.02. The summed E-state index contributed by atoms with van der Waals surface area (Å²) >= 11 is 0. The second kappa shape index (κ2) is 8.70. The van der Waals surface area contributed by atoms with Crippen LogP contribution in [0.5, 0.6) is 0 Å². The van der Waals surface area contributed by atoms with Crippen LogP contribution >= 0.6 is 0 Å². The van der Waals surface area contributed by atoms with Gasteiger partial charge < -0.3 is 9.88 Å². The average molecular weight is 431 g/mol. The Hall–Kier alpha value is -3.88. The molecule has 32 heavy (non-hydrogen) atoms. The fourth-order valence-electron chi connectivity index (χ4n) is 3.90. The minimum Gasteiger partial charge on any atom is -0.318 e. The van der Waals surface area contributed by atoms with Crippen LogP contribution in [-0.2, 0) is 19.5 Å². The largest absolute Gasteiger partial charge is 0.318 e. The highest BCUT2D eigenvalue weighted by Gasteiger charge is 2.19. The van der Waals surface area contributed by atoms with Gasteiger partial charge in [0.1, 0.15) is 11.6 Å². The average Bonchev–Trinajstić information content (AvgIpc) is 3.37. The van der Waals surface area contributed by atoms with Crippen molar-refractivity contribution in [2.75, 3.05) is 5.32 Å². The van der Waals surface area contributed by atoms with Crippen LogP contribution in [0.15, 0.2) is 54.7 Å². The van der Waals surface area contributed by atoms with Crippen LogP contribution in [0.3, 0.4) is 0 Å². The van der Waals surface area contributed by atoms with Gasteiger partial charge in [0.05, 0.1) is 18.4 Å². The van der Waals surface area contributed by atoms with Crippen molar-refractivity contribution in [3.05, 3.63) is 77.6 Å². The first kappa shape index (κ1) is 20.0. The molecular weight excluding hydrogens is 409 g/mol. The maximum absolute atomic E-state index is 14.5. The van der Waals surface area contributed by atoms with E-state index < -0.39 is 11.7 Å². The predicted octanol–water partition coefficient (Wildman–Crippen LogP) is 3.70. The number of rotatable bonds is 5. The molecule has 2 aromatic carbocycles. The quantitative estimate of drug-likeness (QED) is 0.520. The van der Waals surface area contributed by atoms with Crippen LogP contribution < -0.4 is 5.32 Å². The van der Waals surface area contributed by atoms with Gasteiger partial charge in [0.15, 0.2) is 11.5 Å². The van der Waals surface area contributed by atoms with E-state index in [2.05, 4.69) is 30.4 Å². The van der Waals surface area contributed by atoms with E-state index in [1.54, 1.807) is 23.0 Å². The number of benzene rings is 2. The third kappa shape index (κ3) is 4.14. The number of carbonyl (C=O) groups excluding carboxylic acids is 1. The smallest absolute Gasteiger partial charge is 0.277 e. The molecular formula is C23H22FN7O. The van der Waals surface area contributed by atoms with E-state index in [1.807, 2.05) is 30.3 Å². The molecule has 0 spiro atoms. The van der Waals surface area contributed by atoms with Crippen molar-refractivity contribution in [2.24, 2.45) is 0 Å². The maximum atomic E-state index is 14.5. The summed E-state index contributed by atoms with van der Waals surface area (Å²) < 4.78 is 18.1. The molecule has 1 N–H and O–H groups in total. The molecule has 2 aromatic heterocycles. The molecule has 3 heterocycles. The Labute approximate surface area is 184 Å². The first-order valence-electron chi connectivity index (χ1n) is 10.6. The number of halogens is 1. The fraction of sp³-hybridized carbons (Fsp3) is 0.261. The molecule has 0 fully saturated rings. The summed E-state index contributed by atoms with van der Waals surface area (Å²) in [4.78, 5) is 12.7. The number of nitrogens with one attached hydrogen (secondary N) is 1. The second-order valence-corrected chi connectivity index (χ2v) is 7.84. The number of aromatic nitrogens is 6. The summed E-state index contributed by atoms with van der Waals surface area (Å²) in [7, 11) is 0. The summed E-state index contributed by atoms with van der Waals surface area (Å²) in [5, 5.41) is 19.2. The van der Waals surface area contributed by atoms with Gasteiger partial charge in [-0.15, -0.1) is 15.3 Å². The van der Waals surface area contributed by atoms with Crippen LogP contribution in [0.2, 0.25) is 0 Å². The Bertz CT molecular complexity index is 1250. The monoisotopic (exact) mass is 431 g/mol. The van der Waals surface area contributed by atoms with E-state index in [4.69, 9.17) is 0 Å². The maximum Gasteiger partial charge on any atom is 0.277 e. The van der Waals surface area contributed by atoms with E-state index in [9.17, 15) is 9.18 Å². The standard InChI is InChI=1S/C23H22FN7O/c24-18-11-10-17(22-28-27-21-9-5-2-6-12-31(21)22)13-19(18)25-23(32)20-15-30(29-26-20)14-16-7-3-1-4-8-16/h1,3-4,7-8,10-11,13,15H,2,5-6,9,12,14H2,(H,25,32). The molecule has 162 valence electrons. The molecule has 0 radical (unpaired) electrons. The Balaban J connectivity index is 1.35. The number of hydrogen-bond acceptors (Lipinski definition) is 5. The van der Waals surface area contributed by atoms with Gasteiger partial charge in [0.2, 0.25) is 0 Å². The van der Waals surface area contributed by atoms with E-state index in [-0.39, 0.29) is 11.4 Å². The molecule has 0 bridgehead atoms. The van der Waals surface area contributed by atoms with Crippen LogP contribution in [0.4, 0.5) is 10.1 Å². The second-order valence-electron chi connectivity index (χ2n) is 7.84. The van der Waals surface area contributed by atoms with Gasteiger partial charge in [0.25, 0.3) is 5.91 Å². The molecule has 0 unspecified atom stereocenters. The van der Waals surface area contributed by atoms with Crippen LogP contribution in [0.25, 0.3) is 11.4 Å². The van der Waals surface area contributed by atoms with Gasteiger partial charge >= 0.3 is 0 Å². The number of anilines is 1. The zero-order valence-corrected chi connectivity index (χ0v) is 17.4. The zero-order valence-electron chi connectivity index (χ0n) is 17.4. The van der Waals surface area contributed by atoms with E-state index in [1.165, 1.54) is 6.07 Å². The molecule has 1 amide bonds. The zero-order chi connectivity index (χ0) is 21.9. The van der Waals surface area contributed by atoms with Gasteiger partial charge in [-0.2, -0.15) is 0 Å². The normalized spacial score (nSPS) is 13.4. The number of aryl methyl sites for hydroxylation is 1. The van der Waals surface area contributed by atoms with Crippen molar-refractivity contribution in [2.45, 2.75) is 38.8 Å². The molecule has 4 aromatic rings. The molecule has 1 aliphatic rings. The summed E-state index contributed by atoms with van der Waals surface area (Å²) in [6.07, 6.45) is 5.73. The van der Waals surface area contributed by atoms with Crippen LogP contribution in [0.1, 0.15) is 41.1 Å². The van der Waals surface area contributed by atoms with Crippen molar-refractivity contribution < 1.29 is 9.18 Å². The lowest BCUT2D eigenvalue weighted by Gasteiger charge is -2.10. The molecule has 0 aliphatic carbocycles. The minimum atomic E-state index is -0.533. The highest BCUT2D eigenvalue weighted by atomic mass is 19.1. The van der Waals surface area contributed by atoms with Crippen molar-refractivity contribution in [3.8, 4) is 11.4 Å². The lowest BCUT2D eigenvalue weighted by atomic mass is 10.1. The lowest BCUT2D eigenvalue weighted by molar-refractivity contribution is 0.102. The Morgan fingerprint density at radius 2 is 1.91 bits per heavy atom. The summed E-state index contributed by atoms with van der Waals surface area (Å²) in [5.41, 5.74) is 1.92. The van der Waals surface area contributed by atoms with Crippen LogP contribution in [-0.4, -0.2) is 35.7 Å². The Morgan fingerprint density at radius 3 is 2.78 bits per heavy atom. The first-order valence-corrected chi connectivity index (χ1v) is 10.6. The van der Waals surface area contributed by atoms with Crippen molar-refractivity contribution in [3.63, 3.8) is 0 Å². The van der Waals surface area contributed by atoms with Gasteiger partial charge in [-0.3, -0.25) is 4.79 Å². The lowest BCUT2D eigenvalue weighted by Crippen LogP contribution is -2.14. The first-order chi connectivity index (χ1) is 15.7. The third-order valence-corrected chi connectivity index (χ3v) is 5.54. The van der Waals surface area contributed by atoms with Crippen molar-refractivity contribution >= 4 is 11.6 Å². The number of carbonyl (C=O) groups is 1. The number of hydrogen-bond donors (Lipinski definition) is 1. The summed E-state index contributed by atoms with van der Waals surface area (Å²) in [6, 6.07) is 14.3. The number of fused-ring (bicyclic) bond motifs is 1. The summed E-state index contributed by atoms with van der Waals surface area (Å²) in [6.45, 7) is 1.32. The topological polar surface area (TPSA) is 90.5 Å². The fourth-order valence-corrected chi connectivity index (χ4v) is 3.90. The SMILES string of the molecule is O=C(Nc1cc(-c2nnc3n2CCCCC3)ccc1F)c1cn(Cc2ccccc2)nn1. The molecule has 0 saturated heterocycles. The summed E-state index contributed by atoms with van der Waals surface area (Å²) in [5.74, 6) is 0.573. The highest BCUT2D eigenvalue weighted by Crippen LogP contribution is 2.26. The molecule has 0 saturated carbocycles. The van der Waals surface area contributed by atoms with E-state index in [0.29, 0.717) is 17.9 Å². The number of nitrogens with zero attached hydrogens (tertiary/aromatic N) is 6. The molecule has 8 nitrogen and oxygen atoms in total. The molecule has 9 heteroatoms. The Kier molecular flexibility index (Phi) is 5.45. The minimum absolute atomic E-state index is 0.0658. The van der Waals surface area contributed by atoms with Crippen LogP contribution in [0, 0.1) is 5.82 Å². The predicted molar refractivity (Wildman–Crippen MR) is 116 cm³/mol. The van der Waals surface area contributed by atoms with Gasteiger partial charge in [0, 0.05) is 18.5 Å². The molecule has 0 atom stereocenters. The van der Waals surface area contributed by atoms with Gasteiger partial charge in [-0.25, -0.2) is 9.07 Å². The Morgan fingerprint density at radius 1 is 1.03 bits per heavy atom. The molecule has 1 aliphatic heterocycles. The third-order valence-electron chi connectivity index (χ3n) is 5.54. The van der Waals surface area contributed by atoms with Crippen molar-refractivity contribution in [1.82, 2.24) is 29.8 Å². The molecule has 5 rings (SSSR count). The van der Waals surface area contributed by atoms with Gasteiger partial charge in [-0.05, 0) is 36.6 Å².